The summed E-state index contributed by atoms with van der Waals surface area (Å²) in [7, 11) is 3.18. The predicted molar refractivity (Wildman–Crippen MR) is 147 cm³/mol. The summed E-state index contributed by atoms with van der Waals surface area (Å²) in [5, 5.41) is 27.5. The van der Waals surface area contributed by atoms with Gasteiger partial charge in [-0.3, -0.25) is 9.36 Å². The molecule has 0 fully saturated rings. The summed E-state index contributed by atoms with van der Waals surface area (Å²) >= 11 is 0. The zero-order valence-corrected chi connectivity index (χ0v) is 22.3. The van der Waals surface area contributed by atoms with Gasteiger partial charge in [-0.1, -0.05) is 10.4 Å². The molecule has 2 aromatic carbocycles. The molecule has 4 amide bonds. The molecule has 40 heavy (non-hydrogen) atoms. The molecule has 0 aliphatic carbocycles. The van der Waals surface area contributed by atoms with Gasteiger partial charge in [0.25, 0.3) is 0 Å². The van der Waals surface area contributed by atoms with Crippen LogP contribution in [0, 0.1) is 0 Å². The number of amides is 4. The molecule has 4 rings (SSSR count). The lowest BCUT2D eigenvalue weighted by atomic mass is 10.3. The topological polar surface area (TPSA) is 162 Å². The Morgan fingerprint density at radius 3 is 1.45 bits per heavy atom. The van der Waals surface area contributed by atoms with Crippen LogP contribution >= 0.6 is 0 Å². The molecule has 0 atom stereocenters. The maximum atomic E-state index is 12.1. The van der Waals surface area contributed by atoms with E-state index in [1.807, 2.05) is 12.4 Å². The van der Waals surface area contributed by atoms with Crippen LogP contribution in [-0.2, 0) is 26.2 Å². The van der Waals surface area contributed by atoms with Gasteiger partial charge in [0.15, 0.2) is 0 Å². The van der Waals surface area contributed by atoms with E-state index in [4.69, 9.17) is 9.47 Å². The van der Waals surface area contributed by atoms with Crippen molar-refractivity contribution in [3.8, 4) is 11.5 Å². The number of hydrogen-bond donors (Lipinski definition) is 4. The summed E-state index contributed by atoms with van der Waals surface area (Å²) in [6.45, 7) is 1.88. The molecular weight excluding hydrogens is 516 g/mol. The van der Waals surface area contributed by atoms with Gasteiger partial charge in [0.05, 0.1) is 39.7 Å². The number of hydrogen-bond acceptors (Lipinski definition) is 8. The third-order valence-electron chi connectivity index (χ3n) is 5.75. The monoisotopic (exact) mass is 548 g/mol. The van der Waals surface area contributed by atoms with Crippen LogP contribution < -0.4 is 30.7 Å². The Morgan fingerprint density at radius 1 is 0.675 bits per heavy atom. The number of rotatable bonds is 13. The van der Waals surface area contributed by atoms with Crippen LogP contribution in [0.2, 0.25) is 0 Å². The Balaban J connectivity index is 1.09. The van der Waals surface area contributed by atoms with Gasteiger partial charge in [0, 0.05) is 24.5 Å². The number of nitrogens with one attached hydrogen (secondary N) is 4. The highest BCUT2D eigenvalue weighted by Crippen LogP contribution is 2.15. The molecule has 14 nitrogen and oxygen atoms in total. The molecule has 14 heteroatoms. The van der Waals surface area contributed by atoms with Gasteiger partial charge in [0.2, 0.25) is 0 Å². The normalized spacial score (nSPS) is 10.6. The second-order valence-corrected chi connectivity index (χ2v) is 8.73. The van der Waals surface area contributed by atoms with E-state index in [1.165, 1.54) is 0 Å². The molecular formula is C26H32N10O4. The highest BCUT2D eigenvalue weighted by Gasteiger charge is 2.07. The van der Waals surface area contributed by atoms with Crippen molar-refractivity contribution in [2.45, 2.75) is 39.0 Å². The van der Waals surface area contributed by atoms with Gasteiger partial charge < -0.3 is 30.7 Å². The first-order valence-corrected chi connectivity index (χ1v) is 12.7. The van der Waals surface area contributed by atoms with Gasteiger partial charge in [-0.25, -0.2) is 9.59 Å². The summed E-state index contributed by atoms with van der Waals surface area (Å²) in [6, 6.07) is 13.5. The molecule has 0 saturated carbocycles. The number of carbonyl (C=O) groups is 2. The van der Waals surface area contributed by atoms with E-state index in [-0.39, 0.29) is 25.2 Å². The standard InChI is InChI=1S/C26H32N10O4/c1-39-23-9-5-19(6-10-23)29-25(37)27-15-21-17-35(33-31-21)13-3-4-14-36-18-22(32-34-36)16-28-26(38)30-20-7-11-24(40-2)12-8-20/h5-12,17-18H,3-4,13-16H2,1-2H3,(H2,27,29,37)(H2,28,30,38). The zero-order chi connectivity index (χ0) is 28.2. The van der Waals surface area contributed by atoms with Crippen LogP contribution in [0.1, 0.15) is 24.2 Å². The Labute approximate surface area is 231 Å². The summed E-state index contributed by atoms with van der Waals surface area (Å²) in [4.78, 5) is 24.2. The van der Waals surface area contributed by atoms with Gasteiger partial charge in [-0.2, -0.15) is 0 Å². The maximum Gasteiger partial charge on any atom is 0.319 e. The zero-order valence-electron chi connectivity index (χ0n) is 22.3. The summed E-state index contributed by atoms with van der Waals surface area (Å²) in [5.41, 5.74) is 2.64. The molecule has 2 aromatic heterocycles. The third-order valence-corrected chi connectivity index (χ3v) is 5.75. The van der Waals surface area contributed by atoms with Crippen LogP contribution in [0.25, 0.3) is 0 Å². The van der Waals surface area contributed by atoms with Crippen LogP contribution in [0.5, 0.6) is 11.5 Å². The van der Waals surface area contributed by atoms with E-state index in [1.54, 1.807) is 72.1 Å². The fraction of sp³-hybridized carbons (Fsp3) is 0.308. The number of nitrogens with zero attached hydrogens (tertiary/aromatic N) is 6. The number of aryl methyl sites for hydroxylation is 2. The Bertz CT molecular complexity index is 1260. The largest absolute Gasteiger partial charge is 0.497 e. The molecule has 2 heterocycles. The third kappa shape index (κ3) is 8.72. The number of methoxy groups -OCH3 is 2. The van der Waals surface area contributed by atoms with E-state index in [9.17, 15) is 9.59 Å². The average molecular weight is 549 g/mol. The fourth-order valence-corrected chi connectivity index (χ4v) is 3.65. The van der Waals surface area contributed by atoms with Crippen LogP contribution in [-0.4, -0.2) is 56.3 Å². The number of benzene rings is 2. The Hall–Kier alpha value is -5.14. The van der Waals surface area contributed by atoms with E-state index in [2.05, 4.69) is 41.9 Å². The number of carbonyl (C=O) groups excluding carboxylic acids is 2. The van der Waals surface area contributed by atoms with Crippen molar-refractivity contribution < 1.29 is 19.1 Å². The molecule has 0 radical (unpaired) electrons. The molecule has 0 saturated heterocycles. The second-order valence-electron chi connectivity index (χ2n) is 8.73. The van der Waals surface area contributed by atoms with Crippen LogP contribution in [0.15, 0.2) is 60.9 Å². The van der Waals surface area contributed by atoms with Crippen LogP contribution in [0.4, 0.5) is 21.0 Å². The lowest BCUT2D eigenvalue weighted by Gasteiger charge is -2.07. The van der Waals surface area contributed by atoms with E-state index >= 15 is 0 Å². The van der Waals surface area contributed by atoms with E-state index in [0.29, 0.717) is 47.4 Å². The molecule has 0 aliphatic rings. The van der Waals surface area contributed by atoms with Gasteiger partial charge in [-0.15, -0.1) is 10.2 Å². The summed E-state index contributed by atoms with van der Waals surface area (Å²) in [6.07, 6.45) is 5.32. The number of ether oxygens (including phenoxy) is 2. The number of anilines is 2. The van der Waals surface area contributed by atoms with Crippen molar-refractivity contribution in [1.29, 1.82) is 0 Å². The average Bonchev–Trinajstić information content (AvgIpc) is 3.63. The van der Waals surface area contributed by atoms with Crippen molar-refractivity contribution in [2.24, 2.45) is 0 Å². The van der Waals surface area contributed by atoms with Gasteiger partial charge in [0.1, 0.15) is 22.9 Å². The van der Waals surface area contributed by atoms with Gasteiger partial charge in [-0.05, 0) is 61.4 Å². The fourth-order valence-electron chi connectivity index (χ4n) is 3.65. The summed E-state index contributed by atoms with van der Waals surface area (Å²) in [5.74, 6) is 1.43. The highest BCUT2D eigenvalue weighted by molar-refractivity contribution is 5.89. The number of aromatic nitrogens is 6. The van der Waals surface area contributed by atoms with Crippen molar-refractivity contribution in [2.75, 3.05) is 24.9 Å². The van der Waals surface area contributed by atoms with Crippen molar-refractivity contribution in [3.05, 3.63) is 72.3 Å². The lowest BCUT2D eigenvalue weighted by Crippen LogP contribution is -2.28. The number of unbranched alkanes of at least 4 members (excludes halogenated alkanes) is 1. The molecule has 0 aliphatic heterocycles. The maximum absolute atomic E-state index is 12.1. The molecule has 4 aromatic rings. The molecule has 0 bridgehead atoms. The van der Waals surface area contributed by atoms with Crippen molar-refractivity contribution >= 4 is 23.4 Å². The van der Waals surface area contributed by atoms with Crippen molar-refractivity contribution in [1.82, 2.24) is 40.6 Å². The number of urea groups is 2. The first-order chi connectivity index (χ1) is 19.5. The predicted octanol–water partition coefficient (Wildman–Crippen LogP) is 3.01. The lowest BCUT2D eigenvalue weighted by molar-refractivity contribution is 0.251. The molecule has 0 unspecified atom stereocenters. The molecule has 0 spiro atoms. The minimum atomic E-state index is -0.333. The minimum absolute atomic E-state index is 0.260. The van der Waals surface area contributed by atoms with E-state index in [0.717, 1.165) is 12.8 Å². The van der Waals surface area contributed by atoms with Crippen molar-refractivity contribution in [3.63, 3.8) is 0 Å². The first kappa shape index (κ1) is 27.9. The minimum Gasteiger partial charge on any atom is -0.497 e. The van der Waals surface area contributed by atoms with Gasteiger partial charge >= 0.3 is 12.1 Å². The quantitative estimate of drug-likeness (QED) is 0.185. The molecule has 4 N–H and O–H groups in total. The van der Waals surface area contributed by atoms with E-state index < -0.39 is 0 Å². The SMILES string of the molecule is COc1ccc(NC(=O)NCc2cn(CCCCn3cc(CNC(=O)Nc4ccc(OC)cc4)nn3)nn2)cc1. The van der Waals surface area contributed by atoms with Crippen LogP contribution in [0.3, 0.4) is 0 Å². The smallest absolute Gasteiger partial charge is 0.319 e. The Kier molecular flexibility index (Phi) is 9.85. The Morgan fingerprint density at radius 2 is 1.07 bits per heavy atom. The first-order valence-electron chi connectivity index (χ1n) is 12.7. The summed E-state index contributed by atoms with van der Waals surface area (Å²) < 4.78 is 13.7. The molecule has 210 valence electrons. The highest BCUT2D eigenvalue weighted by atomic mass is 16.5. The second kappa shape index (κ2) is 14.1.